The van der Waals surface area contributed by atoms with Gasteiger partial charge in [-0.3, -0.25) is 18.7 Å². The Morgan fingerprint density at radius 3 is 2.53 bits per heavy atom. The first kappa shape index (κ1) is 25.9. The van der Waals surface area contributed by atoms with Gasteiger partial charge in [-0.05, 0) is 38.5 Å². The summed E-state index contributed by atoms with van der Waals surface area (Å²) in [6.07, 6.45) is 8.71. The minimum Gasteiger partial charge on any atom is -0.337 e. The van der Waals surface area contributed by atoms with E-state index in [1.165, 1.54) is 11.6 Å². The van der Waals surface area contributed by atoms with Crippen molar-refractivity contribution >= 4 is 28.7 Å². The number of aryl methyl sites for hydroxylation is 2. The van der Waals surface area contributed by atoms with Gasteiger partial charge in [-0.15, -0.1) is 0 Å². The third kappa shape index (κ3) is 5.69. The number of amides is 1. The molecule has 1 fully saturated rings. The Labute approximate surface area is 204 Å². The number of hydrogen-bond donors (Lipinski definition) is 1. The summed E-state index contributed by atoms with van der Waals surface area (Å²) < 4.78 is 2.61. The number of carbonyl (C=O) groups is 1. The Kier molecular flexibility index (Phi) is 8.89. The molecule has 2 aromatic rings. The molecule has 1 saturated carbocycles. The fourth-order valence-electron chi connectivity index (χ4n) is 4.41. The monoisotopic (exact) mass is 486 g/mol. The van der Waals surface area contributed by atoms with Crippen molar-refractivity contribution in [2.24, 2.45) is 7.05 Å². The minimum atomic E-state index is -0.798. The smallest absolute Gasteiger partial charge is 0.332 e. The standard InChI is InChI=1S/C24H34N6O3S/c1-4-6-7-8-11-17-26-20-19(22(32)29(3)23(33)30(20)14-5-2)21(27-17)34-15-18(31)28-24(16-25)12-9-10-13-24/h4-15H2,1-3H3,(H,28,31). The van der Waals surface area contributed by atoms with Gasteiger partial charge in [-0.2, -0.15) is 5.26 Å². The Morgan fingerprint density at radius 1 is 1.15 bits per heavy atom. The number of nitriles is 1. The zero-order valence-corrected chi connectivity index (χ0v) is 21.2. The molecule has 0 spiro atoms. The van der Waals surface area contributed by atoms with Crippen LogP contribution in [-0.4, -0.2) is 36.3 Å². The van der Waals surface area contributed by atoms with Crippen LogP contribution in [0.4, 0.5) is 0 Å². The van der Waals surface area contributed by atoms with Crippen LogP contribution >= 0.6 is 11.8 Å². The first-order valence-electron chi connectivity index (χ1n) is 12.2. The van der Waals surface area contributed by atoms with Crippen molar-refractivity contribution in [2.45, 2.75) is 95.2 Å². The van der Waals surface area contributed by atoms with Crippen LogP contribution in [0, 0.1) is 11.3 Å². The lowest BCUT2D eigenvalue weighted by atomic mass is 10.0. The normalized spacial score (nSPS) is 14.9. The summed E-state index contributed by atoms with van der Waals surface area (Å²) in [5, 5.41) is 13.1. The SMILES string of the molecule is CCCCCCc1nc(SCC(=O)NC2(C#N)CCCC2)c2c(=O)n(C)c(=O)n(CCC)c2n1. The quantitative estimate of drug-likeness (QED) is 0.294. The van der Waals surface area contributed by atoms with E-state index in [1.54, 1.807) is 0 Å². The fraction of sp³-hybridized carbons (Fsp3) is 0.667. The maximum absolute atomic E-state index is 13.1. The summed E-state index contributed by atoms with van der Waals surface area (Å²) in [7, 11) is 1.45. The van der Waals surface area contributed by atoms with Crippen molar-refractivity contribution in [3.8, 4) is 6.07 Å². The molecule has 1 aliphatic carbocycles. The van der Waals surface area contributed by atoms with E-state index in [-0.39, 0.29) is 17.0 Å². The molecule has 10 heteroatoms. The summed E-state index contributed by atoms with van der Waals surface area (Å²) in [5.41, 5.74) is -1.33. The van der Waals surface area contributed by atoms with E-state index >= 15 is 0 Å². The van der Waals surface area contributed by atoms with Gasteiger partial charge in [0.05, 0.1) is 11.8 Å². The molecule has 9 nitrogen and oxygen atoms in total. The molecule has 34 heavy (non-hydrogen) atoms. The summed E-state index contributed by atoms with van der Waals surface area (Å²) in [4.78, 5) is 47.9. The lowest BCUT2D eigenvalue weighted by Gasteiger charge is -2.21. The molecule has 184 valence electrons. The molecule has 1 aliphatic rings. The molecule has 0 bridgehead atoms. The molecule has 1 amide bonds. The molecule has 0 radical (unpaired) electrons. The molecule has 2 heterocycles. The number of carbonyl (C=O) groups excluding carboxylic acids is 1. The van der Waals surface area contributed by atoms with Gasteiger partial charge in [-0.25, -0.2) is 14.8 Å². The van der Waals surface area contributed by atoms with Gasteiger partial charge in [-0.1, -0.05) is 44.9 Å². The van der Waals surface area contributed by atoms with E-state index in [4.69, 9.17) is 0 Å². The molecule has 1 N–H and O–H groups in total. The van der Waals surface area contributed by atoms with Crippen LogP contribution in [0.1, 0.15) is 77.5 Å². The van der Waals surface area contributed by atoms with Crippen LogP contribution in [0.3, 0.4) is 0 Å². The topological polar surface area (TPSA) is 123 Å². The molecule has 0 unspecified atom stereocenters. The van der Waals surface area contributed by atoms with Crippen molar-refractivity contribution in [3.63, 3.8) is 0 Å². The number of hydrogen-bond acceptors (Lipinski definition) is 7. The number of fused-ring (bicyclic) bond motifs is 1. The third-order valence-corrected chi connectivity index (χ3v) is 7.26. The van der Waals surface area contributed by atoms with Gasteiger partial charge >= 0.3 is 5.69 Å². The van der Waals surface area contributed by atoms with Gasteiger partial charge in [0.2, 0.25) is 5.91 Å². The lowest BCUT2D eigenvalue weighted by Crippen LogP contribution is -2.45. The Hall–Kier alpha value is -2.67. The number of thioether (sulfide) groups is 1. The molecule has 3 rings (SSSR count). The zero-order valence-electron chi connectivity index (χ0n) is 20.4. The van der Waals surface area contributed by atoms with E-state index in [9.17, 15) is 19.6 Å². The number of aromatic nitrogens is 4. The molecular weight excluding hydrogens is 452 g/mol. The molecule has 0 aromatic carbocycles. The Morgan fingerprint density at radius 2 is 1.88 bits per heavy atom. The third-order valence-electron chi connectivity index (χ3n) is 6.29. The molecular formula is C24H34N6O3S. The lowest BCUT2D eigenvalue weighted by molar-refractivity contribution is -0.119. The van der Waals surface area contributed by atoms with Crippen LogP contribution in [0.15, 0.2) is 14.6 Å². The second-order valence-electron chi connectivity index (χ2n) is 8.99. The van der Waals surface area contributed by atoms with E-state index in [1.807, 2.05) is 6.92 Å². The van der Waals surface area contributed by atoms with E-state index in [0.717, 1.165) is 54.9 Å². The summed E-state index contributed by atoms with van der Waals surface area (Å²) in [6, 6.07) is 2.26. The predicted octanol–water partition coefficient (Wildman–Crippen LogP) is 3.07. The first-order chi connectivity index (χ1) is 16.4. The maximum Gasteiger partial charge on any atom is 0.332 e. The number of rotatable bonds is 11. The number of unbranched alkanes of at least 4 members (excludes halogenated alkanes) is 3. The van der Waals surface area contributed by atoms with Crippen LogP contribution in [0.2, 0.25) is 0 Å². The Bertz CT molecular complexity index is 1190. The second kappa shape index (κ2) is 11.6. The Balaban J connectivity index is 1.97. The second-order valence-corrected chi connectivity index (χ2v) is 9.95. The maximum atomic E-state index is 13.1. The van der Waals surface area contributed by atoms with Gasteiger partial charge in [0.25, 0.3) is 5.56 Å². The highest BCUT2D eigenvalue weighted by Crippen LogP contribution is 2.29. The molecule has 2 aromatic heterocycles. The summed E-state index contributed by atoms with van der Waals surface area (Å²) in [6.45, 7) is 4.54. The highest BCUT2D eigenvalue weighted by Gasteiger charge is 2.35. The van der Waals surface area contributed by atoms with Crippen LogP contribution < -0.4 is 16.6 Å². The van der Waals surface area contributed by atoms with Gasteiger partial charge in [0.15, 0.2) is 5.65 Å². The van der Waals surface area contributed by atoms with Crippen LogP contribution in [0.25, 0.3) is 11.0 Å². The highest BCUT2D eigenvalue weighted by atomic mass is 32.2. The van der Waals surface area contributed by atoms with Crippen molar-refractivity contribution in [3.05, 3.63) is 26.7 Å². The molecule has 0 atom stereocenters. The van der Waals surface area contributed by atoms with Gasteiger partial charge in [0, 0.05) is 20.0 Å². The summed E-state index contributed by atoms with van der Waals surface area (Å²) >= 11 is 1.16. The van der Waals surface area contributed by atoms with E-state index in [2.05, 4.69) is 28.3 Å². The fourth-order valence-corrected chi connectivity index (χ4v) is 5.24. The van der Waals surface area contributed by atoms with E-state index in [0.29, 0.717) is 48.7 Å². The average Bonchev–Trinajstić information content (AvgIpc) is 3.30. The summed E-state index contributed by atoms with van der Waals surface area (Å²) in [5.74, 6) is 0.345. The van der Waals surface area contributed by atoms with Crippen LogP contribution in [-0.2, 0) is 24.8 Å². The number of nitrogens with one attached hydrogen (secondary N) is 1. The molecule has 0 aliphatic heterocycles. The predicted molar refractivity (Wildman–Crippen MR) is 133 cm³/mol. The van der Waals surface area contributed by atoms with Gasteiger partial charge < -0.3 is 5.32 Å². The first-order valence-corrected chi connectivity index (χ1v) is 13.2. The van der Waals surface area contributed by atoms with Crippen molar-refractivity contribution in [2.75, 3.05) is 5.75 Å². The van der Waals surface area contributed by atoms with E-state index < -0.39 is 16.8 Å². The highest BCUT2D eigenvalue weighted by molar-refractivity contribution is 8.00. The largest absolute Gasteiger partial charge is 0.337 e. The minimum absolute atomic E-state index is 0.0286. The zero-order chi connectivity index (χ0) is 24.7. The van der Waals surface area contributed by atoms with Crippen LogP contribution in [0.5, 0.6) is 0 Å². The van der Waals surface area contributed by atoms with Crippen molar-refractivity contribution in [1.82, 2.24) is 24.4 Å². The average molecular weight is 487 g/mol. The van der Waals surface area contributed by atoms with Gasteiger partial charge in [0.1, 0.15) is 21.8 Å². The number of nitrogens with zero attached hydrogens (tertiary/aromatic N) is 5. The molecule has 0 saturated heterocycles. The van der Waals surface area contributed by atoms with Crippen molar-refractivity contribution < 1.29 is 4.79 Å². The van der Waals surface area contributed by atoms with Crippen molar-refractivity contribution in [1.29, 1.82) is 5.26 Å².